The molecule has 1 rings (SSSR count). The molecule has 0 spiro atoms. The van der Waals surface area contributed by atoms with E-state index in [1.54, 1.807) is 11.7 Å². The van der Waals surface area contributed by atoms with Gasteiger partial charge in [-0.2, -0.15) is 0 Å². The Balaban J connectivity index is 2.61. The molecule has 0 bridgehead atoms. The number of hydrogen-bond acceptors (Lipinski definition) is 6. The van der Waals surface area contributed by atoms with Crippen LogP contribution in [0, 0.1) is 5.92 Å². The maximum Gasteiger partial charge on any atom is 0.323 e. The number of aromatic nitrogens is 1. The Hall–Kier alpha value is -1.99. The first-order valence-electron chi connectivity index (χ1n) is 8.93. The minimum absolute atomic E-state index is 0.199. The molecule has 0 radical (unpaired) electrons. The standard InChI is InChI=1S/C19H31N3O4/c1-13(2)10-16(18(24)26-19(3,4)5)21-12-15-8-6-14(11-20-15)7-9-17(23)22-25/h6,8,11,13,16,21,25H,7,9-10,12H2,1-5H3,(H,22,23)/t16-/m0/s1. The Labute approximate surface area is 155 Å². The lowest BCUT2D eigenvalue weighted by atomic mass is 10.0. The van der Waals surface area contributed by atoms with Gasteiger partial charge >= 0.3 is 5.97 Å². The second kappa shape index (κ2) is 10.2. The number of carbonyl (C=O) groups is 2. The van der Waals surface area contributed by atoms with Crippen LogP contribution in [0.4, 0.5) is 0 Å². The Morgan fingerprint density at radius 3 is 2.46 bits per heavy atom. The van der Waals surface area contributed by atoms with Crippen LogP contribution < -0.4 is 10.8 Å². The number of esters is 1. The van der Waals surface area contributed by atoms with E-state index < -0.39 is 11.5 Å². The lowest BCUT2D eigenvalue weighted by Gasteiger charge is -2.25. The number of nitrogens with one attached hydrogen (secondary N) is 2. The summed E-state index contributed by atoms with van der Waals surface area (Å²) in [4.78, 5) is 27.8. The molecule has 1 aromatic rings. The first-order chi connectivity index (χ1) is 12.1. The molecule has 1 heterocycles. The van der Waals surface area contributed by atoms with Crippen LogP contribution >= 0.6 is 0 Å². The van der Waals surface area contributed by atoms with Crippen molar-refractivity contribution in [2.24, 2.45) is 5.92 Å². The summed E-state index contributed by atoms with van der Waals surface area (Å²) in [7, 11) is 0. The van der Waals surface area contributed by atoms with Crippen molar-refractivity contribution in [2.45, 2.75) is 72.1 Å². The van der Waals surface area contributed by atoms with Crippen LogP contribution in [-0.4, -0.2) is 33.7 Å². The molecule has 0 aliphatic heterocycles. The Morgan fingerprint density at radius 1 is 1.27 bits per heavy atom. The molecule has 1 aromatic heterocycles. The van der Waals surface area contributed by atoms with Gasteiger partial charge in [-0.3, -0.25) is 25.1 Å². The average molecular weight is 365 g/mol. The fourth-order valence-electron chi connectivity index (χ4n) is 2.36. The molecule has 7 nitrogen and oxygen atoms in total. The molecule has 146 valence electrons. The number of carbonyl (C=O) groups excluding carboxylic acids is 2. The van der Waals surface area contributed by atoms with Gasteiger partial charge in [-0.05, 0) is 51.2 Å². The summed E-state index contributed by atoms with van der Waals surface area (Å²) in [6.45, 7) is 10.1. The first-order valence-corrected chi connectivity index (χ1v) is 8.93. The quantitative estimate of drug-likeness (QED) is 0.353. The van der Waals surface area contributed by atoms with E-state index in [9.17, 15) is 9.59 Å². The van der Waals surface area contributed by atoms with Crippen LogP contribution in [0.2, 0.25) is 0 Å². The fraction of sp³-hybridized carbons (Fsp3) is 0.632. The highest BCUT2D eigenvalue weighted by atomic mass is 16.6. The van der Waals surface area contributed by atoms with Crippen molar-refractivity contribution < 1.29 is 19.5 Å². The number of amides is 1. The van der Waals surface area contributed by atoms with Crippen molar-refractivity contribution in [1.82, 2.24) is 15.8 Å². The summed E-state index contributed by atoms with van der Waals surface area (Å²) in [5.41, 5.74) is 2.80. The molecule has 1 atom stereocenters. The number of hydrogen-bond donors (Lipinski definition) is 3. The van der Waals surface area contributed by atoms with Crippen molar-refractivity contribution in [3.63, 3.8) is 0 Å². The van der Waals surface area contributed by atoms with E-state index in [4.69, 9.17) is 9.94 Å². The van der Waals surface area contributed by atoms with Gasteiger partial charge in [-0.15, -0.1) is 0 Å². The topological polar surface area (TPSA) is 101 Å². The van der Waals surface area contributed by atoms with Crippen LogP contribution in [0.5, 0.6) is 0 Å². The zero-order chi connectivity index (χ0) is 19.7. The molecule has 3 N–H and O–H groups in total. The zero-order valence-corrected chi connectivity index (χ0v) is 16.3. The highest BCUT2D eigenvalue weighted by molar-refractivity contribution is 5.76. The molecule has 7 heteroatoms. The molecule has 0 saturated heterocycles. The van der Waals surface area contributed by atoms with Gasteiger partial charge in [0.1, 0.15) is 11.6 Å². The highest BCUT2D eigenvalue weighted by Gasteiger charge is 2.25. The molecule has 0 unspecified atom stereocenters. The predicted octanol–water partition coefficient (Wildman–Crippen LogP) is 2.37. The highest BCUT2D eigenvalue weighted by Crippen LogP contribution is 2.13. The molecular weight excluding hydrogens is 334 g/mol. The Bertz CT molecular complexity index is 579. The molecule has 1 amide bonds. The summed E-state index contributed by atoms with van der Waals surface area (Å²) in [6, 6.07) is 3.37. The second-order valence-electron chi connectivity index (χ2n) is 7.79. The molecule has 0 aliphatic carbocycles. The summed E-state index contributed by atoms with van der Waals surface area (Å²) in [6.07, 6.45) is 3.09. The zero-order valence-electron chi connectivity index (χ0n) is 16.3. The van der Waals surface area contributed by atoms with E-state index >= 15 is 0 Å². The molecule has 0 fully saturated rings. The van der Waals surface area contributed by atoms with Gasteiger partial charge < -0.3 is 4.74 Å². The van der Waals surface area contributed by atoms with Crippen LogP contribution in [0.1, 0.15) is 58.7 Å². The third-order valence-electron chi connectivity index (χ3n) is 3.58. The van der Waals surface area contributed by atoms with E-state index in [-0.39, 0.29) is 18.4 Å². The molecule has 0 saturated carbocycles. The third-order valence-corrected chi connectivity index (χ3v) is 3.58. The van der Waals surface area contributed by atoms with Gasteiger partial charge in [-0.1, -0.05) is 19.9 Å². The van der Waals surface area contributed by atoms with Gasteiger partial charge in [0.2, 0.25) is 5.91 Å². The predicted molar refractivity (Wildman–Crippen MR) is 98.4 cm³/mol. The Kier molecular flexibility index (Phi) is 8.68. The average Bonchev–Trinajstić information content (AvgIpc) is 2.55. The molecular formula is C19H31N3O4. The lowest BCUT2D eigenvalue weighted by molar-refractivity contribution is -0.158. The van der Waals surface area contributed by atoms with Gasteiger partial charge in [-0.25, -0.2) is 5.48 Å². The van der Waals surface area contributed by atoms with Gasteiger partial charge in [0.05, 0.1) is 5.69 Å². The second-order valence-corrected chi connectivity index (χ2v) is 7.79. The first kappa shape index (κ1) is 22.1. The smallest absolute Gasteiger partial charge is 0.323 e. The monoisotopic (exact) mass is 365 g/mol. The number of rotatable bonds is 9. The summed E-state index contributed by atoms with van der Waals surface area (Å²) in [5.74, 6) is -0.324. The normalized spacial score (nSPS) is 12.7. The van der Waals surface area contributed by atoms with Crippen molar-refractivity contribution in [3.05, 3.63) is 29.6 Å². The SMILES string of the molecule is CC(C)C[C@H](NCc1ccc(CCC(=O)NO)cn1)C(=O)OC(C)(C)C. The fourth-order valence-corrected chi connectivity index (χ4v) is 2.36. The van der Waals surface area contributed by atoms with Gasteiger partial charge in [0.15, 0.2) is 0 Å². The van der Waals surface area contributed by atoms with Crippen LogP contribution in [0.25, 0.3) is 0 Å². The van der Waals surface area contributed by atoms with Crippen molar-refractivity contribution in [1.29, 1.82) is 0 Å². The van der Waals surface area contributed by atoms with E-state index in [1.807, 2.05) is 32.9 Å². The summed E-state index contributed by atoms with van der Waals surface area (Å²) >= 11 is 0. The molecule has 0 aromatic carbocycles. The number of aryl methyl sites for hydroxylation is 1. The maximum atomic E-state index is 12.4. The van der Waals surface area contributed by atoms with Crippen LogP contribution in [0.15, 0.2) is 18.3 Å². The minimum atomic E-state index is -0.519. The number of nitrogens with zero attached hydrogens (tertiary/aromatic N) is 1. The van der Waals surface area contributed by atoms with Gasteiger partial charge in [0.25, 0.3) is 0 Å². The Morgan fingerprint density at radius 2 is 1.96 bits per heavy atom. The van der Waals surface area contributed by atoms with E-state index in [1.165, 1.54) is 0 Å². The van der Waals surface area contributed by atoms with Gasteiger partial charge in [0, 0.05) is 19.2 Å². The van der Waals surface area contributed by atoms with Crippen LogP contribution in [0.3, 0.4) is 0 Å². The van der Waals surface area contributed by atoms with E-state index in [0.717, 1.165) is 11.3 Å². The summed E-state index contributed by atoms with van der Waals surface area (Å²) in [5, 5.41) is 11.7. The third kappa shape index (κ3) is 8.92. The van der Waals surface area contributed by atoms with E-state index in [2.05, 4.69) is 24.1 Å². The maximum absolute atomic E-state index is 12.4. The van der Waals surface area contributed by atoms with Crippen molar-refractivity contribution in [3.8, 4) is 0 Å². The molecule has 0 aliphatic rings. The minimum Gasteiger partial charge on any atom is -0.459 e. The van der Waals surface area contributed by atoms with Crippen molar-refractivity contribution >= 4 is 11.9 Å². The van der Waals surface area contributed by atoms with Crippen molar-refractivity contribution in [2.75, 3.05) is 0 Å². The van der Waals surface area contributed by atoms with Crippen LogP contribution in [-0.2, 0) is 27.3 Å². The van der Waals surface area contributed by atoms with E-state index in [0.29, 0.717) is 25.3 Å². The number of pyridine rings is 1. The lowest BCUT2D eigenvalue weighted by Crippen LogP contribution is -2.42. The summed E-state index contributed by atoms with van der Waals surface area (Å²) < 4.78 is 5.49. The molecule has 26 heavy (non-hydrogen) atoms. The number of ether oxygens (including phenoxy) is 1. The largest absolute Gasteiger partial charge is 0.459 e. The number of hydroxylamine groups is 1.